The molecular weight excluding hydrogens is 295 g/mol. The number of amidine groups is 1. The molecule has 6 heteroatoms. The molecule has 2 unspecified atom stereocenters. The summed E-state index contributed by atoms with van der Waals surface area (Å²) in [6, 6.07) is 6.30. The molecule has 1 aromatic carbocycles. The Morgan fingerprint density at radius 3 is 2.87 bits per heavy atom. The Balaban J connectivity index is 1.79. The summed E-state index contributed by atoms with van der Waals surface area (Å²) in [4.78, 5) is 21.0. The molecule has 0 aliphatic carbocycles. The van der Waals surface area contributed by atoms with Crippen LogP contribution < -0.4 is 10.2 Å². The third kappa shape index (κ3) is 2.24. The van der Waals surface area contributed by atoms with Gasteiger partial charge in [0.05, 0.1) is 0 Å². The largest absolute Gasteiger partial charge is 0.358 e. The molecule has 1 spiro atoms. The first-order chi connectivity index (χ1) is 11.1. The van der Waals surface area contributed by atoms with Crippen molar-refractivity contribution in [1.82, 2.24) is 10.2 Å². The third-order valence-electron chi connectivity index (χ3n) is 5.13. The number of anilines is 1. The number of piperidine rings is 1. The van der Waals surface area contributed by atoms with E-state index in [0.717, 1.165) is 44.7 Å². The smallest absolute Gasteiger partial charge is 0.350 e. The molecule has 3 heterocycles. The lowest BCUT2D eigenvalue weighted by molar-refractivity contribution is 0.239. The Labute approximate surface area is 135 Å². The number of carbonyl (C=O) groups is 1. The van der Waals surface area contributed by atoms with Gasteiger partial charge in [-0.2, -0.15) is 4.99 Å². The molecule has 23 heavy (non-hydrogen) atoms. The van der Waals surface area contributed by atoms with Crippen molar-refractivity contribution in [3.05, 3.63) is 30.1 Å². The summed E-state index contributed by atoms with van der Waals surface area (Å²) >= 11 is 0. The highest BCUT2D eigenvalue weighted by Crippen LogP contribution is 2.41. The highest BCUT2D eigenvalue weighted by atomic mass is 19.1. The number of urea groups is 1. The number of amides is 2. The summed E-state index contributed by atoms with van der Waals surface area (Å²) < 4.78 is 13.7. The number of carbonyl (C=O) groups excluding carboxylic acids is 1. The second-order valence-electron chi connectivity index (χ2n) is 6.71. The fraction of sp³-hybridized carbons (Fsp3) is 0.529. The number of rotatable bonds is 1. The Morgan fingerprint density at radius 1 is 1.39 bits per heavy atom. The second-order valence-corrected chi connectivity index (χ2v) is 6.71. The van der Waals surface area contributed by atoms with Crippen molar-refractivity contribution < 1.29 is 9.18 Å². The first-order valence-electron chi connectivity index (χ1n) is 8.27. The molecule has 2 saturated heterocycles. The lowest BCUT2D eigenvalue weighted by Crippen LogP contribution is -2.64. The zero-order valence-corrected chi connectivity index (χ0v) is 13.3. The van der Waals surface area contributed by atoms with E-state index < -0.39 is 5.54 Å². The molecule has 0 radical (unpaired) electrons. The van der Waals surface area contributed by atoms with Crippen LogP contribution in [0.5, 0.6) is 0 Å². The molecular formula is C17H21FN4O. The molecule has 3 aliphatic rings. The summed E-state index contributed by atoms with van der Waals surface area (Å²) in [5, 5.41) is 3.44. The van der Waals surface area contributed by atoms with E-state index in [4.69, 9.17) is 0 Å². The first-order valence-corrected chi connectivity index (χ1v) is 8.27. The predicted octanol–water partition coefficient (Wildman–Crippen LogP) is 2.38. The van der Waals surface area contributed by atoms with Gasteiger partial charge in [-0.25, -0.2) is 9.18 Å². The molecule has 0 saturated carbocycles. The van der Waals surface area contributed by atoms with Crippen molar-refractivity contribution >= 4 is 17.6 Å². The van der Waals surface area contributed by atoms with E-state index >= 15 is 0 Å². The van der Waals surface area contributed by atoms with E-state index in [1.807, 2.05) is 0 Å². The Morgan fingerprint density at radius 2 is 2.22 bits per heavy atom. The summed E-state index contributed by atoms with van der Waals surface area (Å²) in [6.07, 6.45) is 2.73. The van der Waals surface area contributed by atoms with Gasteiger partial charge >= 0.3 is 6.03 Å². The highest BCUT2D eigenvalue weighted by molar-refractivity contribution is 6.16. The van der Waals surface area contributed by atoms with Crippen LogP contribution >= 0.6 is 0 Å². The number of aliphatic imine (C=N–C) groups is 1. The molecule has 4 rings (SSSR count). The number of hydrogen-bond donors (Lipinski definition) is 1. The number of nitrogens with zero attached hydrogens (tertiary/aromatic N) is 3. The third-order valence-corrected chi connectivity index (χ3v) is 5.13. The molecule has 2 atom stereocenters. The van der Waals surface area contributed by atoms with Crippen molar-refractivity contribution in [2.24, 2.45) is 4.99 Å². The average Bonchev–Trinajstić information content (AvgIpc) is 2.69. The van der Waals surface area contributed by atoms with Crippen LogP contribution in [0.3, 0.4) is 0 Å². The van der Waals surface area contributed by atoms with Gasteiger partial charge < -0.3 is 10.2 Å². The van der Waals surface area contributed by atoms with E-state index in [9.17, 15) is 9.18 Å². The Bertz CT molecular complexity index is 672. The van der Waals surface area contributed by atoms with Crippen molar-refractivity contribution in [2.75, 3.05) is 24.5 Å². The number of halogens is 1. The van der Waals surface area contributed by atoms with Gasteiger partial charge in [-0.15, -0.1) is 0 Å². The SMILES string of the molecule is CC1CC2(CCN1)C(N1CCC1)=NC(=O)N2c1cccc(F)c1. The topological polar surface area (TPSA) is 47.9 Å². The van der Waals surface area contributed by atoms with Gasteiger partial charge in [0.25, 0.3) is 0 Å². The van der Waals surface area contributed by atoms with Crippen molar-refractivity contribution in [3.63, 3.8) is 0 Å². The molecule has 1 N–H and O–H groups in total. The average molecular weight is 316 g/mol. The lowest BCUT2D eigenvalue weighted by Gasteiger charge is -2.48. The van der Waals surface area contributed by atoms with Gasteiger partial charge in [0.2, 0.25) is 0 Å². The van der Waals surface area contributed by atoms with Crippen LogP contribution in [0, 0.1) is 5.82 Å². The number of benzene rings is 1. The Hall–Kier alpha value is -1.95. The predicted molar refractivity (Wildman–Crippen MR) is 87.3 cm³/mol. The molecule has 3 aliphatic heterocycles. The van der Waals surface area contributed by atoms with Gasteiger partial charge in [0.1, 0.15) is 17.2 Å². The zero-order valence-electron chi connectivity index (χ0n) is 13.3. The molecule has 5 nitrogen and oxygen atoms in total. The molecule has 1 aromatic rings. The van der Waals surface area contributed by atoms with E-state index in [1.165, 1.54) is 12.1 Å². The molecule has 2 amide bonds. The van der Waals surface area contributed by atoms with E-state index in [1.54, 1.807) is 17.0 Å². The van der Waals surface area contributed by atoms with Gasteiger partial charge in [0, 0.05) is 24.8 Å². The number of likely N-dealkylation sites (tertiary alicyclic amines) is 1. The Kier molecular flexibility index (Phi) is 3.37. The lowest BCUT2D eigenvalue weighted by atomic mass is 9.81. The summed E-state index contributed by atoms with van der Waals surface area (Å²) in [5.74, 6) is 0.552. The second kappa shape index (κ2) is 5.30. The van der Waals surface area contributed by atoms with Crippen molar-refractivity contribution in [1.29, 1.82) is 0 Å². The highest BCUT2D eigenvalue weighted by Gasteiger charge is 2.54. The van der Waals surface area contributed by atoms with Crippen LogP contribution in [-0.2, 0) is 0 Å². The maximum absolute atomic E-state index is 13.7. The summed E-state index contributed by atoms with van der Waals surface area (Å²) in [6.45, 7) is 4.85. The first kappa shape index (κ1) is 14.6. The number of hydrogen-bond acceptors (Lipinski definition) is 3. The minimum atomic E-state index is -0.448. The van der Waals surface area contributed by atoms with Gasteiger partial charge in [-0.3, -0.25) is 4.90 Å². The maximum atomic E-state index is 13.7. The van der Waals surface area contributed by atoms with Crippen LogP contribution in [0.1, 0.15) is 26.2 Å². The fourth-order valence-electron chi connectivity index (χ4n) is 4.01. The van der Waals surface area contributed by atoms with Crippen molar-refractivity contribution in [2.45, 2.75) is 37.8 Å². The minimum Gasteiger partial charge on any atom is -0.358 e. The van der Waals surface area contributed by atoms with Crippen molar-refractivity contribution in [3.8, 4) is 0 Å². The van der Waals surface area contributed by atoms with E-state index in [2.05, 4.69) is 22.1 Å². The summed E-state index contributed by atoms with van der Waals surface area (Å²) in [7, 11) is 0. The summed E-state index contributed by atoms with van der Waals surface area (Å²) in [5.41, 5.74) is 0.152. The quantitative estimate of drug-likeness (QED) is 0.865. The standard InChI is InChI=1S/C17H21FN4O/c1-12-11-17(6-7-19-12)15(21-8-3-9-21)20-16(23)22(17)14-5-2-4-13(18)10-14/h2,4-5,10,12,19H,3,6-9,11H2,1H3. The van der Waals surface area contributed by atoms with Crippen LogP contribution in [0.2, 0.25) is 0 Å². The van der Waals surface area contributed by atoms with Crippen LogP contribution in [0.15, 0.2) is 29.3 Å². The maximum Gasteiger partial charge on any atom is 0.350 e. The normalized spacial score (nSPS) is 30.6. The van der Waals surface area contributed by atoms with Crippen LogP contribution in [-0.4, -0.2) is 48.0 Å². The molecule has 0 bridgehead atoms. The van der Waals surface area contributed by atoms with Gasteiger partial charge in [0.15, 0.2) is 0 Å². The monoisotopic (exact) mass is 316 g/mol. The molecule has 122 valence electrons. The molecule has 2 fully saturated rings. The van der Waals surface area contributed by atoms with Gasteiger partial charge in [-0.05, 0) is 50.9 Å². The van der Waals surface area contributed by atoms with Gasteiger partial charge in [-0.1, -0.05) is 6.07 Å². The fourth-order valence-corrected chi connectivity index (χ4v) is 4.01. The minimum absolute atomic E-state index is 0.272. The number of nitrogens with one attached hydrogen (secondary N) is 1. The van der Waals surface area contributed by atoms with Crippen LogP contribution in [0.25, 0.3) is 0 Å². The molecule has 0 aromatic heterocycles. The van der Waals surface area contributed by atoms with E-state index in [-0.39, 0.29) is 17.9 Å². The van der Waals surface area contributed by atoms with E-state index in [0.29, 0.717) is 5.69 Å². The zero-order chi connectivity index (χ0) is 16.0. The van der Waals surface area contributed by atoms with Crippen LogP contribution in [0.4, 0.5) is 14.9 Å².